The molecule has 3 heterocycles. The second-order valence-electron chi connectivity index (χ2n) is 7.17. The van der Waals surface area contributed by atoms with Crippen LogP contribution >= 0.6 is 0 Å². The van der Waals surface area contributed by atoms with Gasteiger partial charge >= 0.3 is 0 Å². The van der Waals surface area contributed by atoms with Crippen molar-refractivity contribution in [2.45, 2.75) is 31.1 Å². The number of amides is 2. The third-order valence-corrected chi connectivity index (χ3v) is 5.38. The molecule has 2 aliphatic rings. The van der Waals surface area contributed by atoms with Gasteiger partial charge in [-0.05, 0) is 12.1 Å². The number of ether oxygens (including phenoxy) is 2. The number of nitrogens with zero attached hydrogens (tertiary/aromatic N) is 3. The lowest BCUT2D eigenvalue weighted by Crippen LogP contribution is -2.54. The van der Waals surface area contributed by atoms with Crippen molar-refractivity contribution in [3.8, 4) is 0 Å². The summed E-state index contributed by atoms with van der Waals surface area (Å²) in [4.78, 5) is 31.2. The second-order valence-corrected chi connectivity index (χ2v) is 7.17. The number of carbonyl (C=O) groups excluding carboxylic acids is 2. The predicted molar refractivity (Wildman–Crippen MR) is 102 cm³/mol. The summed E-state index contributed by atoms with van der Waals surface area (Å²) >= 11 is 0. The van der Waals surface area contributed by atoms with E-state index in [0.717, 1.165) is 11.5 Å². The standard InChI is InChI=1S/C20H24N4O4/c1-27-14-17(25)23-10-7-20(8-11-23)19-21-9-12-24(19)13-16(28-20)18(26)22-15-5-3-2-4-6-15/h2-6,9,12,16H,7-8,10-11,13-14H2,1H3,(H,22,26)/t16-/m0/s1. The molecule has 4 rings (SSSR count). The van der Waals surface area contributed by atoms with Crippen LogP contribution in [-0.2, 0) is 31.2 Å². The minimum absolute atomic E-state index is 0.0325. The van der Waals surface area contributed by atoms with E-state index in [9.17, 15) is 9.59 Å². The fourth-order valence-corrected chi connectivity index (χ4v) is 3.95. The molecule has 8 nitrogen and oxygen atoms in total. The average molecular weight is 384 g/mol. The summed E-state index contributed by atoms with van der Waals surface area (Å²) in [5.41, 5.74) is 0.0752. The molecule has 1 atom stereocenters. The maximum atomic E-state index is 12.8. The van der Waals surface area contributed by atoms with Crippen LogP contribution in [0, 0.1) is 0 Å². The average Bonchev–Trinajstić information content (AvgIpc) is 3.19. The molecule has 0 unspecified atom stereocenters. The summed E-state index contributed by atoms with van der Waals surface area (Å²) < 4.78 is 13.3. The van der Waals surface area contributed by atoms with Crippen molar-refractivity contribution in [2.75, 3.05) is 32.1 Å². The Labute approximate surface area is 163 Å². The van der Waals surface area contributed by atoms with E-state index < -0.39 is 11.7 Å². The number of hydrogen-bond donors (Lipinski definition) is 1. The van der Waals surface area contributed by atoms with Crippen LogP contribution in [0.4, 0.5) is 5.69 Å². The van der Waals surface area contributed by atoms with Gasteiger partial charge in [-0.2, -0.15) is 0 Å². The third kappa shape index (κ3) is 3.53. The first-order valence-corrected chi connectivity index (χ1v) is 9.43. The molecule has 1 aromatic heterocycles. The highest BCUT2D eigenvalue weighted by atomic mass is 16.5. The van der Waals surface area contributed by atoms with Crippen LogP contribution in [0.5, 0.6) is 0 Å². The molecule has 1 N–H and O–H groups in total. The number of para-hydroxylation sites is 1. The van der Waals surface area contributed by atoms with Gasteiger partial charge in [-0.25, -0.2) is 4.98 Å². The van der Waals surface area contributed by atoms with Crippen LogP contribution in [0.25, 0.3) is 0 Å². The maximum Gasteiger partial charge on any atom is 0.255 e. The maximum absolute atomic E-state index is 12.8. The number of carbonyl (C=O) groups is 2. The molecule has 2 amide bonds. The van der Waals surface area contributed by atoms with E-state index in [-0.39, 0.29) is 18.4 Å². The number of rotatable bonds is 4. The molecule has 0 radical (unpaired) electrons. The lowest BCUT2D eigenvalue weighted by Gasteiger charge is -2.45. The molecule has 8 heteroatoms. The van der Waals surface area contributed by atoms with Gasteiger partial charge in [0.05, 0.1) is 6.54 Å². The smallest absolute Gasteiger partial charge is 0.255 e. The van der Waals surface area contributed by atoms with Gasteiger partial charge in [-0.3, -0.25) is 9.59 Å². The van der Waals surface area contributed by atoms with Crippen LogP contribution < -0.4 is 5.32 Å². The molecule has 2 aliphatic heterocycles. The van der Waals surface area contributed by atoms with Gasteiger partial charge in [-0.1, -0.05) is 18.2 Å². The lowest BCUT2D eigenvalue weighted by atomic mass is 9.88. The summed E-state index contributed by atoms with van der Waals surface area (Å²) in [5.74, 6) is 0.618. The van der Waals surface area contributed by atoms with Crippen molar-refractivity contribution in [3.63, 3.8) is 0 Å². The molecule has 0 aliphatic carbocycles. The van der Waals surface area contributed by atoms with E-state index in [1.807, 2.05) is 41.1 Å². The van der Waals surface area contributed by atoms with E-state index in [0.29, 0.717) is 32.5 Å². The van der Waals surface area contributed by atoms with Crippen molar-refractivity contribution >= 4 is 17.5 Å². The summed E-state index contributed by atoms with van der Waals surface area (Å²) in [6.45, 7) is 1.58. The van der Waals surface area contributed by atoms with Gasteiger partial charge in [0.2, 0.25) is 5.91 Å². The van der Waals surface area contributed by atoms with E-state index in [4.69, 9.17) is 9.47 Å². The van der Waals surface area contributed by atoms with Crippen molar-refractivity contribution < 1.29 is 19.1 Å². The third-order valence-electron chi connectivity index (χ3n) is 5.38. The fourth-order valence-electron chi connectivity index (χ4n) is 3.95. The van der Waals surface area contributed by atoms with Gasteiger partial charge in [0.25, 0.3) is 5.91 Å². The summed E-state index contributed by atoms with van der Waals surface area (Å²) in [5, 5.41) is 2.92. The minimum Gasteiger partial charge on any atom is -0.375 e. The molecule has 148 valence electrons. The Bertz CT molecular complexity index is 843. The zero-order valence-corrected chi connectivity index (χ0v) is 15.8. The van der Waals surface area contributed by atoms with Crippen molar-refractivity contribution in [3.05, 3.63) is 48.5 Å². The first-order chi connectivity index (χ1) is 13.6. The number of imidazole rings is 1. The monoisotopic (exact) mass is 384 g/mol. The molecular formula is C20H24N4O4. The number of piperidine rings is 1. The minimum atomic E-state index is -0.662. The summed E-state index contributed by atoms with van der Waals surface area (Å²) in [6, 6.07) is 9.34. The zero-order valence-electron chi connectivity index (χ0n) is 15.8. The number of benzene rings is 1. The quantitative estimate of drug-likeness (QED) is 0.861. The van der Waals surface area contributed by atoms with E-state index in [1.165, 1.54) is 7.11 Å². The number of hydrogen-bond acceptors (Lipinski definition) is 5. The molecule has 0 saturated carbocycles. The molecule has 2 aromatic rings. The predicted octanol–water partition coefficient (Wildman–Crippen LogP) is 1.38. The fraction of sp³-hybridized carbons (Fsp3) is 0.450. The van der Waals surface area contributed by atoms with Gasteiger partial charge in [0.1, 0.15) is 18.0 Å². The number of methoxy groups -OCH3 is 1. The van der Waals surface area contributed by atoms with Crippen molar-refractivity contribution in [1.29, 1.82) is 0 Å². The lowest BCUT2D eigenvalue weighted by molar-refractivity contribution is -0.173. The molecule has 28 heavy (non-hydrogen) atoms. The van der Waals surface area contributed by atoms with Crippen molar-refractivity contribution in [1.82, 2.24) is 14.5 Å². The van der Waals surface area contributed by atoms with Crippen LogP contribution in [0.1, 0.15) is 18.7 Å². The summed E-state index contributed by atoms with van der Waals surface area (Å²) in [7, 11) is 1.51. The highest BCUT2D eigenvalue weighted by Crippen LogP contribution is 2.40. The number of aromatic nitrogens is 2. The zero-order chi connectivity index (χ0) is 19.6. The highest BCUT2D eigenvalue weighted by Gasteiger charge is 2.47. The van der Waals surface area contributed by atoms with Crippen LogP contribution in [0.3, 0.4) is 0 Å². The van der Waals surface area contributed by atoms with Gasteiger partial charge in [-0.15, -0.1) is 0 Å². The first kappa shape index (κ1) is 18.6. The van der Waals surface area contributed by atoms with Crippen LogP contribution in [0.2, 0.25) is 0 Å². The first-order valence-electron chi connectivity index (χ1n) is 9.43. The van der Waals surface area contributed by atoms with Gasteiger partial charge in [0, 0.05) is 51.1 Å². The largest absolute Gasteiger partial charge is 0.375 e. The molecular weight excluding hydrogens is 360 g/mol. The Morgan fingerprint density at radius 3 is 2.75 bits per heavy atom. The van der Waals surface area contributed by atoms with Crippen molar-refractivity contribution in [2.24, 2.45) is 0 Å². The normalized spacial score (nSPS) is 20.6. The Kier molecular flexibility index (Phi) is 5.15. The Hall–Kier alpha value is -2.71. The van der Waals surface area contributed by atoms with Gasteiger partial charge in [0.15, 0.2) is 6.10 Å². The number of fused-ring (bicyclic) bond motifs is 2. The number of likely N-dealkylation sites (tertiary alicyclic amines) is 1. The SMILES string of the molecule is COCC(=O)N1CCC2(CC1)O[C@H](C(=O)Nc1ccccc1)Cn1ccnc12. The van der Waals surface area contributed by atoms with Crippen LogP contribution in [-0.4, -0.2) is 59.2 Å². The Morgan fingerprint density at radius 2 is 2.04 bits per heavy atom. The molecule has 1 fully saturated rings. The molecule has 1 saturated heterocycles. The Morgan fingerprint density at radius 1 is 1.29 bits per heavy atom. The molecule has 0 bridgehead atoms. The van der Waals surface area contributed by atoms with Gasteiger partial charge < -0.3 is 24.3 Å². The molecule has 1 spiro atoms. The van der Waals surface area contributed by atoms with E-state index in [1.54, 1.807) is 11.1 Å². The number of anilines is 1. The molecule has 1 aromatic carbocycles. The highest BCUT2D eigenvalue weighted by molar-refractivity contribution is 5.94. The topological polar surface area (TPSA) is 85.7 Å². The van der Waals surface area contributed by atoms with E-state index in [2.05, 4.69) is 10.3 Å². The van der Waals surface area contributed by atoms with Crippen LogP contribution in [0.15, 0.2) is 42.7 Å². The Balaban J connectivity index is 1.51. The van der Waals surface area contributed by atoms with E-state index >= 15 is 0 Å². The summed E-state index contributed by atoms with van der Waals surface area (Å²) in [6.07, 6.45) is 4.18. The number of nitrogens with one attached hydrogen (secondary N) is 1. The second kappa shape index (κ2) is 7.73.